The second-order valence-electron chi connectivity index (χ2n) is 7.38. The number of thiophene rings is 1. The third-order valence-electron chi connectivity index (χ3n) is 5.20. The van der Waals surface area contributed by atoms with Crippen molar-refractivity contribution in [1.29, 1.82) is 5.26 Å². The maximum absolute atomic E-state index is 13.0. The standard InChI is InChI=1S/C23H25N3O4S/c1-17(21(27)26(14-7-12-24)19-9-3-2-4-10-19)30-23(29)18-8-5-13-25(16-18)22(28)20-11-6-15-31-20/h2-4,6,9-11,15,17-18H,5,7-8,13-14,16H2,1H3. The molecule has 2 aromatic rings. The van der Waals surface area contributed by atoms with Crippen LogP contribution in [0.25, 0.3) is 0 Å². The van der Waals surface area contributed by atoms with E-state index in [-0.39, 0.29) is 31.3 Å². The van der Waals surface area contributed by atoms with E-state index in [0.29, 0.717) is 30.0 Å². The van der Waals surface area contributed by atoms with E-state index < -0.39 is 18.0 Å². The Morgan fingerprint density at radius 1 is 1.26 bits per heavy atom. The minimum Gasteiger partial charge on any atom is -0.452 e. The van der Waals surface area contributed by atoms with Crippen molar-refractivity contribution in [3.8, 4) is 6.07 Å². The topological polar surface area (TPSA) is 90.7 Å². The number of rotatable bonds is 7. The second kappa shape index (κ2) is 10.7. The Balaban J connectivity index is 1.62. The van der Waals surface area contributed by atoms with Crippen LogP contribution in [-0.4, -0.2) is 48.4 Å². The van der Waals surface area contributed by atoms with E-state index >= 15 is 0 Å². The molecule has 2 unspecified atom stereocenters. The zero-order valence-corrected chi connectivity index (χ0v) is 18.2. The summed E-state index contributed by atoms with van der Waals surface area (Å²) in [6.07, 6.45) is 0.501. The van der Waals surface area contributed by atoms with E-state index in [1.54, 1.807) is 42.2 Å². The lowest BCUT2D eigenvalue weighted by atomic mass is 9.98. The van der Waals surface area contributed by atoms with Crippen LogP contribution >= 0.6 is 11.3 Å². The van der Waals surface area contributed by atoms with Gasteiger partial charge in [0.2, 0.25) is 0 Å². The summed E-state index contributed by atoms with van der Waals surface area (Å²) in [5.41, 5.74) is 0.649. The first-order chi connectivity index (χ1) is 15.0. The molecule has 0 spiro atoms. The maximum atomic E-state index is 13.0. The number of ether oxygens (including phenoxy) is 1. The van der Waals surface area contributed by atoms with Crippen molar-refractivity contribution in [2.24, 2.45) is 5.92 Å². The quantitative estimate of drug-likeness (QED) is 0.616. The van der Waals surface area contributed by atoms with Gasteiger partial charge in [0.1, 0.15) is 0 Å². The van der Waals surface area contributed by atoms with Gasteiger partial charge in [0.05, 0.1) is 23.3 Å². The molecule has 0 bridgehead atoms. The average Bonchev–Trinajstić information content (AvgIpc) is 3.34. The first-order valence-electron chi connectivity index (χ1n) is 10.3. The van der Waals surface area contributed by atoms with E-state index in [0.717, 1.165) is 0 Å². The number of hydrogen-bond acceptors (Lipinski definition) is 6. The van der Waals surface area contributed by atoms with Gasteiger partial charge in [0.25, 0.3) is 11.8 Å². The molecule has 2 amide bonds. The van der Waals surface area contributed by atoms with Gasteiger partial charge < -0.3 is 14.5 Å². The van der Waals surface area contributed by atoms with Gasteiger partial charge in [0, 0.05) is 25.3 Å². The van der Waals surface area contributed by atoms with Gasteiger partial charge in [-0.15, -0.1) is 11.3 Å². The summed E-state index contributed by atoms with van der Waals surface area (Å²) >= 11 is 1.38. The van der Waals surface area contributed by atoms with Crippen molar-refractivity contribution in [2.45, 2.75) is 32.3 Å². The van der Waals surface area contributed by atoms with Gasteiger partial charge in [-0.05, 0) is 43.3 Å². The number of carbonyl (C=O) groups excluding carboxylic acids is 3. The monoisotopic (exact) mass is 439 g/mol. The number of para-hydroxylation sites is 1. The molecular formula is C23H25N3O4S. The number of nitrogens with zero attached hydrogens (tertiary/aromatic N) is 3. The predicted molar refractivity (Wildman–Crippen MR) is 118 cm³/mol. The van der Waals surface area contributed by atoms with Gasteiger partial charge in [-0.1, -0.05) is 24.3 Å². The van der Waals surface area contributed by atoms with Crippen molar-refractivity contribution in [1.82, 2.24) is 4.90 Å². The smallest absolute Gasteiger partial charge is 0.311 e. The van der Waals surface area contributed by atoms with Crippen LogP contribution in [0.2, 0.25) is 0 Å². The van der Waals surface area contributed by atoms with Crippen molar-refractivity contribution >= 4 is 34.8 Å². The highest BCUT2D eigenvalue weighted by Gasteiger charge is 2.33. The summed E-state index contributed by atoms with van der Waals surface area (Å²) in [4.78, 5) is 42.1. The van der Waals surface area contributed by atoms with Crippen molar-refractivity contribution < 1.29 is 19.1 Å². The Morgan fingerprint density at radius 2 is 2.03 bits per heavy atom. The molecule has 162 valence electrons. The number of amides is 2. The fourth-order valence-electron chi connectivity index (χ4n) is 3.59. The van der Waals surface area contributed by atoms with Crippen LogP contribution in [0.3, 0.4) is 0 Å². The Morgan fingerprint density at radius 3 is 2.71 bits per heavy atom. The van der Waals surface area contributed by atoms with Crippen LogP contribution in [0.5, 0.6) is 0 Å². The summed E-state index contributed by atoms with van der Waals surface area (Å²) in [6, 6.07) is 14.6. The van der Waals surface area contributed by atoms with Crippen molar-refractivity contribution in [2.75, 3.05) is 24.5 Å². The molecule has 0 aliphatic carbocycles. The third-order valence-corrected chi connectivity index (χ3v) is 6.05. The van der Waals surface area contributed by atoms with E-state index in [1.165, 1.54) is 16.2 Å². The summed E-state index contributed by atoms with van der Waals surface area (Å²) in [7, 11) is 0. The minimum atomic E-state index is -0.991. The molecule has 31 heavy (non-hydrogen) atoms. The first-order valence-corrected chi connectivity index (χ1v) is 11.2. The first kappa shape index (κ1) is 22.5. The van der Waals surface area contributed by atoms with Gasteiger partial charge in [-0.2, -0.15) is 5.26 Å². The Kier molecular flexibility index (Phi) is 7.79. The van der Waals surface area contributed by atoms with Crippen LogP contribution in [0, 0.1) is 17.2 Å². The number of benzene rings is 1. The molecule has 0 saturated carbocycles. The highest BCUT2D eigenvalue weighted by molar-refractivity contribution is 7.12. The molecule has 1 aliphatic rings. The van der Waals surface area contributed by atoms with Crippen LogP contribution in [0.4, 0.5) is 5.69 Å². The molecule has 0 radical (unpaired) electrons. The molecular weight excluding hydrogens is 414 g/mol. The molecule has 3 rings (SSSR count). The minimum absolute atomic E-state index is 0.0802. The lowest BCUT2D eigenvalue weighted by molar-refractivity contribution is -0.159. The lowest BCUT2D eigenvalue weighted by Crippen LogP contribution is -2.45. The zero-order valence-electron chi connectivity index (χ0n) is 17.4. The van der Waals surface area contributed by atoms with Crippen LogP contribution in [0.15, 0.2) is 47.8 Å². The molecule has 1 fully saturated rings. The van der Waals surface area contributed by atoms with E-state index in [4.69, 9.17) is 10.00 Å². The van der Waals surface area contributed by atoms with Gasteiger partial charge in [-0.25, -0.2) is 0 Å². The third kappa shape index (κ3) is 5.70. The second-order valence-corrected chi connectivity index (χ2v) is 8.33. The van der Waals surface area contributed by atoms with Crippen molar-refractivity contribution in [3.05, 3.63) is 52.7 Å². The summed E-state index contributed by atoms with van der Waals surface area (Å²) in [6.45, 7) is 2.64. The molecule has 1 aromatic carbocycles. The summed E-state index contributed by atoms with van der Waals surface area (Å²) in [5, 5.41) is 10.8. The van der Waals surface area contributed by atoms with Crippen LogP contribution < -0.4 is 4.90 Å². The van der Waals surface area contributed by atoms with Crippen LogP contribution in [-0.2, 0) is 14.3 Å². The molecule has 1 aromatic heterocycles. The number of esters is 1. The highest BCUT2D eigenvalue weighted by atomic mass is 32.1. The fraction of sp³-hybridized carbons (Fsp3) is 0.391. The maximum Gasteiger partial charge on any atom is 0.311 e. The van der Waals surface area contributed by atoms with Crippen LogP contribution in [0.1, 0.15) is 35.9 Å². The zero-order chi connectivity index (χ0) is 22.2. The lowest BCUT2D eigenvalue weighted by Gasteiger charge is -2.32. The number of anilines is 1. The normalized spacial score (nSPS) is 16.8. The van der Waals surface area contributed by atoms with Gasteiger partial charge in [-0.3, -0.25) is 14.4 Å². The number of carbonyl (C=O) groups is 3. The molecule has 8 heteroatoms. The molecule has 1 aliphatic heterocycles. The molecule has 2 atom stereocenters. The highest BCUT2D eigenvalue weighted by Crippen LogP contribution is 2.23. The molecule has 0 N–H and O–H groups in total. The van der Waals surface area contributed by atoms with Gasteiger partial charge >= 0.3 is 5.97 Å². The van der Waals surface area contributed by atoms with E-state index in [2.05, 4.69) is 0 Å². The predicted octanol–water partition coefficient (Wildman–Crippen LogP) is 3.48. The Bertz CT molecular complexity index is 939. The largest absolute Gasteiger partial charge is 0.452 e. The van der Waals surface area contributed by atoms with E-state index in [9.17, 15) is 14.4 Å². The van der Waals surface area contributed by atoms with Gasteiger partial charge in [0.15, 0.2) is 6.10 Å². The number of hydrogen-bond donors (Lipinski definition) is 0. The summed E-state index contributed by atoms with van der Waals surface area (Å²) < 4.78 is 5.50. The fourth-order valence-corrected chi connectivity index (χ4v) is 4.28. The number of piperidine rings is 1. The Labute approximate surface area is 185 Å². The average molecular weight is 440 g/mol. The van der Waals surface area contributed by atoms with Crippen molar-refractivity contribution in [3.63, 3.8) is 0 Å². The molecule has 1 saturated heterocycles. The number of nitriles is 1. The molecule has 7 nitrogen and oxygen atoms in total. The Hall–Kier alpha value is -3.18. The molecule has 2 heterocycles. The SMILES string of the molecule is CC(OC(=O)C1CCCN(C(=O)c2cccs2)C1)C(=O)N(CCC#N)c1ccccc1. The summed E-state index contributed by atoms with van der Waals surface area (Å²) in [5.74, 6) is -1.39. The number of likely N-dealkylation sites (tertiary alicyclic amines) is 1. The van der Waals surface area contributed by atoms with E-state index in [1.807, 2.05) is 23.6 Å².